The molecule has 0 saturated carbocycles. The van der Waals surface area contributed by atoms with Gasteiger partial charge in [0.2, 0.25) is 0 Å². The number of H-pyrrole nitrogens is 1. The van der Waals surface area contributed by atoms with E-state index in [1.54, 1.807) is 0 Å². The van der Waals surface area contributed by atoms with Crippen molar-refractivity contribution < 1.29 is 0 Å². The number of aromatic nitrogens is 3. The molecule has 2 aromatic carbocycles. The lowest BCUT2D eigenvalue weighted by molar-refractivity contribution is 0.962. The van der Waals surface area contributed by atoms with Crippen molar-refractivity contribution in [2.24, 2.45) is 0 Å². The number of aryl methyl sites for hydroxylation is 2. The highest BCUT2D eigenvalue weighted by Gasteiger charge is 2.13. The van der Waals surface area contributed by atoms with Crippen molar-refractivity contribution in [2.75, 3.05) is 0 Å². The first-order valence-electron chi connectivity index (χ1n) is 9.00. The number of aromatic amines is 1. The van der Waals surface area contributed by atoms with E-state index in [1.165, 1.54) is 5.56 Å². The van der Waals surface area contributed by atoms with Crippen molar-refractivity contribution in [3.63, 3.8) is 0 Å². The zero-order valence-electron chi connectivity index (χ0n) is 15.9. The summed E-state index contributed by atoms with van der Waals surface area (Å²) in [7, 11) is 0. The van der Waals surface area contributed by atoms with Crippen LogP contribution < -0.4 is 0 Å². The number of nitrogens with zero attached hydrogens (tertiary/aromatic N) is 3. The Bertz CT molecular complexity index is 1230. The number of para-hydroxylation sites is 2. The molecule has 0 atom stereocenters. The van der Waals surface area contributed by atoms with Gasteiger partial charge in [0, 0.05) is 21.5 Å². The van der Waals surface area contributed by atoms with Crippen LogP contribution in [0.5, 0.6) is 0 Å². The van der Waals surface area contributed by atoms with Crippen molar-refractivity contribution in [2.45, 2.75) is 20.8 Å². The number of halogens is 1. The van der Waals surface area contributed by atoms with Crippen molar-refractivity contribution >= 4 is 38.6 Å². The lowest BCUT2D eigenvalue weighted by Crippen LogP contribution is -1.99. The van der Waals surface area contributed by atoms with Crippen LogP contribution in [0.25, 0.3) is 28.4 Å². The van der Waals surface area contributed by atoms with Crippen LogP contribution in [0, 0.1) is 32.1 Å². The molecule has 0 saturated heterocycles. The third kappa shape index (κ3) is 3.17. The predicted octanol–water partition coefficient (Wildman–Crippen LogP) is 6.11. The van der Waals surface area contributed by atoms with Crippen LogP contribution in [0.3, 0.4) is 0 Å². The van der Waals surface area contributed by atoms with E-state index >= 15 is 0 Å². The second kappa shape index (κ2) is 7.14. The van der Waals surface area contributed by atoms with E-state index in [9.17, 15) is 5.26 Å². The van der Waals surface area contributed by atoms with E-state index < -0.39 is 0 Å². The maximum Gasteiger partial charge on any atom is 0.149 e. The van der Waals surface area contributed by atoms with Crippen LogP contribution in [0.1, 0.15) is 28.3 Å². The maximum atomic E-state index is 9.73. The number of rotatable bonds is 3. The Morgan fingerprint density at radius 2 is 1.93 bits per heavy atom. The molecule has 2 aromatic heterocycles. The van der Waals surface area contributed by atoms with E-state index in [0.717, 1.165) is 38.1 Å². The number of nitrogens with one attached hydrogen (secondary N) is 1. The van der Waals surface area contributed by atoms with Gasteiger partial charge in [-0.2, -0.15) is 5.26 Å². The second-order valence-electron chi connectivity index (χ2n) is 6.87. The van der Waals surface area contributed by atoms with Crippen LogP contribution in [0.4, 0.5) is 0 Å². The highest BCUT2D eigenvalue weighted by Crippen LogP contribution is 2.27. The molecule has 1 N–H and O–H groups in total. The molecule has 0 amide bonds. The molecule has 0 aliphatic carbocycles. The molecule has 0 aliphatic rings. The van der Waals surface area contributed by atoms with Crippen LogP contribution >= 0.6 is 15.9 Å². The minimum Gasteiger partial charge on any atom is -0.337 e. The second-order valence-corrected chi connectivity index (χ2v) is 7.72. The van der Waals surface area contributed by atoms with Gasteiger partial charge in [-0.05, 0) is 68.3 Å². The number of benzene rings is 2. The van der Waals surface area contributed by atoms with Crippen molar-refractivity contribution in [3.8, 4) is 11.8 Å². The molecule has 28 heavy (non-hydrogen) atoms. The predicted molar refractivity (Wildman–Crippen MR) is 117 cm³/mol. The van der Waals surface area contributed by atoms with Crippen LogP contribution in [0.2, 0.25) is 0 Å². The molecular weight excluding hydrogens is 412 g/mol. The molecule has 0 bridgehead atoms. The smallest absolute Gasteiger partial charge is 0.149 e. The summed E-state index contributed by atoms with van der Waals surface area (Å²) >= 11 is 3.62. The Balaban J connectivity index is 1.80. The van der Waals surface area contributed by atoms with Gasteiger partial charge in [0.05, 0.1) is 16.6 Å². The number of allylic oxidation sites excluding steroid dienone is 1. The van der Waals surface area contributed by atoms with Gasteiger partial charge in [0.25, 0.3) is 0 Å². The highest BCUT2D eigenvalue weighted by atomic mass is 79.9. The monoisotopic (exact) mass is 430 g/mol. The average molecular weight is 431 g/mol. The van der Waals surface area contributed by atoms with Gasteiger partial charge < -0.3 is 9.55 Å². The standard InChI is InChI=1S/C23H19BrN4/c1-14-8-9-19(12-20(14)24)28-15(2)10-17(16(28)3)11-18(13-25)23-26-21-6-4-5-7-22(21)27-23/h4-12H,1-3H3,(H,26,27)/b18-11-. The largest absolute Gasteiger partial charge is 0.337 e. The molecule has 0 aliphatic heterocycles. The Kier molecular flexibility index (Phi) is 4.66. The lowest BCUT2D eigenvalue weighted by Gasteiger charge is -2.11. The Morgan fingerprint density at radius 1 is 1.14 bits per heavy atom. The fourth-order valence-electron chi connectivity index (χ4n) is 3.44. The minimum atomic E-state index is 0.515. The van der Waals surface area contributed by atoms with Crippen LogP contribution in [-0.4, -0.2) is 14.5 Å². The summed E-state index contributed by atoms with van der Waals surface area (Å²) < 4.78 is 3.28. The molecule has 0 spiro atoms. The molecule has 4 aromatic rings. The number of hydrogen-bond donors (Lipinski definition) is 1. The van der Waals surface area contributed by atoms with Crippen molar-refractivity contribution in [3.05, 3.63) is 81.3 Å². The van der Waals surface area contributed by atoms with Gasteiger partial charge in [-0.25, -0.2) is 4.98 Å². The quantitative estimate of drug-likeness (QED) is 0.398. The molecule has 5 heteroatoms. The maximum absolute atomic E-state index is 9.73. The summed E-state index contributed by atoms with van der Waals surface area (Å²) in [6.07, 6.45) is 1.90. The summed E-state index contributed by atoms with van der Waals surface area (Å²) in [6, 6.07) is 18.5. The minimum absolute atomic E-state index is 0.515. The molecule has 0 unspecified atom stereocenters. The van der Waals surface area contributed by atoms with Gasteiger partial charge in [0.15, 0.2) is 0 Å². The molecule has 0 radical (unpaired) electrons. The third-order valence-corrected chi connectivity index (χ3v) is 5.80. The number of nitriles is 1. The first kappa shape index (κ1) is 18.3. The lowest BCUT2D eigenvalue weighted by atomic mass is 10.1. The van der Waals surface area contributed by atoms with E-state index in [4.69, 9.17) is 0 Å². The SMILES string of the molecule is Cc1ccc(-n2c(C)cc(/C=C(/C#N)c3nc4ccccc4[nH]3)c2C)cc1Br. The van der Waals surface area contributed by atoms with Crippen LogP contribution in [0.15, 0.2) is 53.0 Å². The number of imidazole rings is 1. The zero-order valence-corrected chi connectivity index (χ0v) is 17.5. The van der Waals surface area contributed by atoms with Crippen molar-refractivity contribution in [1.29, 1.82) is 5.26 Å². The molecule has 4 rings (SSSR count). The van der Waals surface area contributed by atoms with Gasteiger partial charge >= 0.3 is 0 Å². The Hall–Kier alpha value is -3.10. The molecule has 138 valence electrons. The summed E-state index contributed by atoms with van der Waals surface area (Å²) in [5, 5.41) is 9.73. The Morgan fingerprint density at radius 3 is 2.64 bits per heavy atom. The van der Waals surface area contributed by atoms with E-state index in [2.05, 4.69) is 81.6 Å². The number of hydrogen-bond acceptors (Lipinski definition) is 2. The van der Waals surface area contributed by atoms with Gasteiger partial charge in [0.1, 0.15) is 11.9 Å². The van der Waals surface area contributed by atoms with E-state index in [-0.39, 0.29) is 0 Å². The Labute approximate surface area is 172 Å². The first-order valence-corrected chi connectivity index (χ1v) is 9.79. The molecule has 4 nitrogen and oxygen atoms in total. The average Bonchev–Trinajstić information content (AvgIpc) is 3.23. The normalized spacial score (nSPS) is 11.8. The number of fused-ring (bicyclic) bond motifs is 1. The summed E-state index contributed by atoms with van der Waals surface area (Å²) in [5.74, 6) is 0.589. The van der Waals surface area contributed by atoms with Crippen LogP contribution in [-0.2, 0) is 0 Å². The van der Waals surface area contributed by atoms with Gasteiger partial charge in [-0.1, -0.05) is 34.1 Å². The van der Waals surface area contributed by atoms with E-state index in [0.29, 0.717) is 11.4 Å². The molecule has 0 fully saturated rings. The summed E-state index contributed by atoms with van der Waals surface area (Å²) in [5.41, 5.74) is 7.78. The fraction of sp³-hybridized carbons (Fsp3) is 0.130. The fourth-order valence-corrected chi connectivity index (χ4v) is 3.81. The molecular formula is C23H19BrN4. The zero-order chi connectivity index (χ0) is 19.8. The van der Waals surface area contributed by atoms with E-state index in [1.807, 2.05) is 30.3 Å². The topological polar surface area (TPSA) is 57.4 Å². The third-order valence-electron chi connectivity index (χ3n) is 4.95. The summed E-state index contributed by atoms with van der Waals surface area (Å²) in [4.78, 5) is 7.80. The van der Waals surface area contributed by atoms with Gasteiger partial charge in [-0.15, -0.1) is 0 Å². The first-order chi connectivity index (χ1) is 13.5. The molecule has 2 heterocycles. The van der Waals surface area contributed by atoms with Crippen molar-refractivity contribution in [1.82, 2.24) is 14.5 Å². The van der Waals surface area contributed by atoms with Gasteiger partial charge in [-0.3, -0.25) is 0 Å². The summed E-state index contributed by atoms with van der Waals surface area (Å²) in [6.45, 7) is 6.22. The highest BCUT2D eigenvalue weighted by molar-refractivity contribution is 9.10.